The van der Waals surface area contributed by atoms with Crippen molar-refractivity contribution in [3.05, 3.63) is 41.5 Å². The van der Waals surface area contributed by atoms with Crippen LogP contribution in [0.25, 0.3) is 5.57 Å². The van der Waals surface area contributed by atoms with Crippen molar-refractivity contribution < 1.29 is 0 Å². The van der Waals surface area contributed by atoms with Crippen LogP contribution in [0.1, 0.15) is 31.9 Å². The summed E-state index contributed by atoms with van der Waals surface area (Å²) in [4.78, 5) is 0. The van der Waals surface area contributed by atoms with Gasteiger partial charge in [0.25, 0.3) is 0 Å². The van der Waals surface area contributed by atoms with E-state index in [9.17, 15) is 0 Å². The first-order valence-corrected chi connectivity index (χ1v) is 4.44. The lowest BCUT2D eigenvalue weighted by molar-refractivity contribution is 1.51. The van der Waals surface area contributed by atoms with Crippen molar-refractivity contribution in [3.63, 3.8) is 0 Å². The molecule has 0 radical (unpaired) electrons. The van der Waals surface area contributed by atoms with Crippen molar-refractivity contribution in [1.82, 2.24) is 0 Å². The molecule has 0 atom stereocenters. The summed E-state index contributed by atoms with van der Waals surface area (Å²) in [6, 6.07) is 8.23. The molecule has 1 rings (SSSR count). The second-order valence-corrected chi connectivity index (χ2v) is 2.89. The summed E-state index contributed by atoms with van der Waals surface area (Å²) in [5.41, 5.74) is 3.62. The standard InChI is InChI=1S/C13H14/c1-4-8-12-9-6-7-10-13(12)11(3)5-2/h5-7,9-10H,1-3H3/b11-5+. The van der Waals surface area contributed by atoms with E-state index in [4.69, 9.17) is 0 Å². The molecule has 0 saturated carbocycles. The Labute approximate surface area is 80.3 Å². The molecule has 0 fully saturated rings. The summed E-state index contributed by atoms with van der Waals surface area (Å²) in [6.45, 7) is 6.02. The zero-order valence-electron chi connectivity index (χ0n) is 8.39. The molecule has 0 aliphatic rings. The van der Waals surface area contributed by atoms with Crippen LogP contribution in [0.4, 0.5) is 0 Å². The largest absolute Gasteiger partial charge is 0.101 e. The Kier molecular flexibility index (Phi) is 3.34. The molecule has 0 bridgehead atoms. The van der Waals surface area contributed by atoms with Gasteiger partial charge in [-0.3, -0.25) is 0 Å². The number of benzene rings is 1. The van der Waals surface area contributed by atoms with Crippen LogP contribution in [0.15, 0.2) is 30.3 Å². The van der Waals surface area contributed by atoms with Gasteiger partial charge in [-0.05, 0) is 38.0 Å². The number of rotatable bonds is 1. The van der Waals surface area contributed by atoms with Crippen LogP contribution in [0.3, 0.4) is 0 Å². The average molecular weight is 170 g/mol. The molecule has 0 heteroatoms. The molecule has 13 heavy (non-hydrogen) atoms. The van der Waals surface area contributed by atoms with E-state index < -0.39 is 0 Å². The first-order chi connectivity index (χ1) is 6.29. The predicted molar refractivity (Wildman–Crippen MR) is 58.3 cm³/mol. The second-order valence-electron chi connectivity index (χ2n) is 2.89. The maximum absolute atomic E-state index is 3.10. The van der Waals surface area contributed by atoms with Crippen LogP contribution in [0.5, 0.6) is 0 Å². The van der Waals surface area contributed by atoms with Gasteiger partial charge in [-0.15, -0.1) is 5.92 Å². The molecule has 1 aromatic carbocycles. The van der Waals surface area contributed by atoms with Gasteiger partial charge in [0, 0.05) is 5.56 Å². The third kappa shape index (κ3) is 2.23. The van der Waals surface area contributed by atoms with Gasteiger partial charge in [-0.1, -0.05) is 30.2 Å². The van der Waals surface area contributed by atoms with Crippen molar-refractivity contribution in [2.45, 2.75) is 20.8 Å². The third-order valence-corrected chi connectivity index (χ3v) is 2.04. The minimum atomic E-state index is 1.11. The summed E-state index contributed by atoms with van der Waals surface area (Å²) < 4.78 is 0. The van der Waals surface area contributed by atoms with E-state index in [0.717, 1.165) is 5.56 Å². The maximum atomic E-state index is 3.10. The molecule has 0 saturated heterocycles. The molecule has 0 heterocycles. The lowest BCUT2D eigenvalue weighted by Crippen LogP contribution is -1.85. The fourth-order valence-electron chi connectivity index (χ4n) is 1.23. The zero-order valence-corrected chi connectivity index (χ0v) is 8.39. The molecule has 0 N–H and O–H groups in total. The summed E-state index contributed by atoms with van der Waals surface area (Å²) in [5.74, 6) is 6.03. The Hall–Kier alpha value is -1.48. The van der Waals surface area contributed by atoms with Gasteiger partial charge < -0.3 is 0 Å². The highest BCUT2D eigenvalue weighted by Crippen LogP contribution is 2.17. The molecule has 0 unspecified atom stereocenters. The molecule has 0 aliphatic carbocycles. The van der Waals surface area contributed by atoms with Crippen molar-refractivity contribution in [3.8, 4) is 11.8 Å². The summed E-state index contributed by atoms with van der Waals surface area (Å²) in [5, 5.41) is 0. The Balaban J connectivity index is 3.25. The Morgan fingerprint density at radius 2 is 2.00 bits per heavy atom. The molecule has 0 aromatic heterocycles. The molecule has 0 aliphatic heterocycles. The van der Waals surface area contributed by atoms with Gasteiger partial charge >= 0.3 is 0 Å². The lowest BCUT2D eigenvalue weighted by atomic mass is 10.0. The van der Waals surface area contributed by atoms with Gasteiger partial charge in [-0.25, -0.2) is 0 Å². The molecular weight excluding hydrogens is 156 g/mol. The van der Waals surface area contributed by atoms with Crippen molar-refractivity contribution in [1.29, 1.82) is 0 Å². The number of hydrogen-bond acceptors (Lipinski definition) is 0. The lowest BCUT2D eigenvalue weighted by Gasteiger charge is -2.03. The van der Waals surface area contributed by atoms with Gasteiger partial charge in [-0.2, -0.15) is 0 Å². The average Bonchev–Trinajstić information content (AvgIpc) is 2.18. The third-order valence-electron chi connectivity index (χ3n) is 2.04. The fraction of sp³-hybridized carbons (Fsp3) is 0.231. The Bertz CT molecular complexity index is 373. The SMILES string of the molecule is CC#Cc1ccccc1/C(C)=C/C. The molecular formula is C13H14. The Morgan fingerprint density at radius 3 is 2.62 bits per heavy atom. The highest BCUT2D eigenvalue weighted by Gasteiger charge is 1.98. The normalized spacial score (nSPS) is 10.5. The minimum Gasteiger partial charge on any atom is -0.101 e. The summed E-state index contributed by atoms with van der Waals surface area (Å²) in [6.07, 6.45) is 2.11. The van der Waals surface area contributed by atoms with Crippen LogP contribution in [-0.2, 0) is 0 Å². The van der Waals surface area contributed by atoms with Crippen LogP contribution < -0.4 is 0 Å². The van der Waals surface area contributed by atoms with Crippen LogP contribution in [0, 0.1) is 11.8 Å². The Morgan fingerprint density at radius 1 is 1.31 bits per heavy atom. The summed E-state index contributed by atoms with van der Waals surface area (Å²) in [7, 11) is 0. The maximum Gasteiger partial charge on any atom is 0.0320 e. The second kappa shape index (κ2) is 4.52. The zero-order chi connectivity index (χ0) is 9.68. The minimum absolute atomic E-state index is 1.11. The van der Waals surface area contributed by atoms with E-state index >= 15 is 0 Å². The first kappa shape index (κ1) is 9.61. The monoisotopic (exact) mass is 170 g/mol. The fourth-order valence-corrected chi connectivity index (χ4v) is 1.23. The molecule has 0 spiro atoms. The predicted octanol–water partition coefficient (Wildman–Crippen LogP) is 3.48. The van der Waals surface area contributed by atoms with Gasteiger partial charge in [0.05, 0.1) is 0 Å². The summed E-state index contributed by atoms with van der Waals surface area (Å²) >= 11 is 0. The highest BCUT2D eigenvalue weighted by molar-refractivity contribution is 5.69. The van der Waals surface area contributed by atoms with Gasteiger partial charge in [0.2, 0.25) is 0 Å². The van der Waals surface area contributed by atoms with E-state index in [1.807, 2.05) is 26.0 Å². The van der Waals surface area contributed by atoms with Gasteiger partial charge in [0.15, 0.2) is 0 Å². The molecule has 0 amide bonds. The molecule has 66 valence electrons. The van der Waals surface area contributed by atoms with E-state index in [1.54, 1.807) is 0 Å². The van der Waals surface area contributed by atoms with Crippen molar-refractivity contribution >= 4 is 5.57 Å². The van der Waals surface area contributed by atoms with Crippen molar-refractivity contribution in [2.75, 3.05) is 0 Å². The van der Waals surface area contributed by atoms with Gasteiger partial charge in [0.1, 0.15) is 0 Å². The number of allylic oxidation sites excluding steroid dienone is 2. The molecule has 0 nitrogen and oxygen atoms in total. The number of hydrogen-bond donors (Lipinski definition) is 0. The van der Waals surface area contributed by atoms with E-state index in [0.29, 0.717) is 0 Å². The van der Waals surface area contributed by atoms with Crippen molar-refractivity contribution in [2.24, 2.45) is 0 Å². The van der Waals surface area contributed by atoms with E-state index in [2.05, 4.69) is 37.0 Å². The highest BCUT2D eigenvalue weighted by atomic mass is 14.0. The topological polar surface area (TPSA) is 0 Å². The van der Waals surface area contributed by atoms with Crippen LogP contribution >= 0.6 is 0 Å². The smallest absolute Gasteiger partial charge is 0.0320 e. The first-order valence-electron chi connectivity index (χ1n) is 4.44. The quantitative estimate of drug-likeness (QED) is 0.566. The van der Waals surface area contributed by atoms with E-state index in [1.165, 1.54) is 11.1 Å². The van der Waals surface area contributed by atoms with Crippen LogP contribution in [0.2, 0.25) is 0 Å². The van der Waals surface area contributed by atoms with E-state index in [-0.39, 0.29) is 0 Å². The van der Waals surface area contributed by atoms with Crippen LogP contribution in [-0.4, -0.2) is 0 Å². The molecule has 1 aromatic rings.